The van der Waals surface area contributed by atoms with E-state index < -0.39 is 10.8 Å². The Balaban J connectivity index is 1.68. The summed E-state index contributed by atoms with van der Waals surface area (Å²) in [6.45, 7) is 2.13. The van der Waals surface area contributed by atoms with Crippen LogP contribution in [0.5, 0.6) is 5.75 Å². The Labute approximate surface area is 157 Å². The van der Waals surface area contributed by atoms with Crippen molar-refractivity contribution in [3.05, 3.63) is 78.8 Å². The predicted octanol–water partition coefficient (Wildman–Crippen LogP) is 5.79. The van der Waals surface area contributed by atoms with Crippen molar-refractivity contribution in [3.8, 4) is 16.9 Å². The molecule has 26 heavy (non-hydrogen) atoms. The summed E-state index contributed by atoms with van der Waals surface area (Å²) in [5.41, 5.74) is 1.98. The minimum absolute atomic E-state index is 0.331. The smallest absolute Gasteiger partial charge is 0.173 e. The van der Waals surface area contributed by atoms with Crippen molar-refractivity contribution in [1.82, 2.24) is 0 Å². The van der Waals surface area contributed by atoms with Gasteiger partial charge in [0.25, 0.3) is 0 Å². The lowest BCUT2D eigenvalue weighted by Crippen LogP contribution is -2.23. The molecule has 1 aromatic heterocycles. The maximum absolute atomic E-state index is 12.7. The Hall–Kier alpha value is -2.33. The monoisotopic (exact) mass is 368 g/mol. The van der Waals surface area contributed by atoms with Crippen LogP contribution in [0.4, 0.5) is 0 Å². The fraction of sp³-hybridized carbons (Fsp3) is 0.273. The van der Waals surface area contributed by atoms with E-state index in [1.807, 2.05) is 54.6 Å². The zero-order chi connectivity index (χ0) is 18.2. The summed E-state index contributed by atoms with van der Waals surface area (Å²) in [5.74, 6) is 1.86. The molecule has 0 aliphatic rings. The van der Waals surface area contributed by atoms with Crippen molar-refractivity contribution in [2.24, 2.45) is 0 Å². The standard InChI is InChI=1S/C22H24O3S/c1-2-3-11-22(26(23)17-21-10-7-16-24-21)25-20-14-12-19(13-15-20)18-8-5-4-6-9-18/h4-10,12-16,22H,2-3,11,17H2,1H3. The fourth-order valence-corrected chi connectivity index (χ4v) is 4.03. The second-order valence-electron chi connectivity index (χ2n) is 6.18. The van der Waals surface area contributed by atoms with Crippen LogP contribution in [0.25, 0.3) is 11.1 Å². The van der Waals surface area contributed by atoms with E-state index in [1.165, 1.54) is 5.56 Å². The van der Waals surface area contributed by atoms with Gasteiger partial charge in [0.2, 0.25) is 0 Å². The highest BCUT2D eigenvalue weighted by Gasteiger charge is 2.19. The molecule has 0 bridgehead atoms. The van der Waals surface area contributed by atoms with Crippen molar-refractivity contribution in [3.63, 3.8) is 0 Å². The van der Waals surface area contributed by atoms with Gasteiger partial charge < -0.3 is 9.15 Å². The molecule has 2 unspecified atom stereocenters. The van der Waals surface area contributed by atoms with E-state index in [0.29, 0.717) is 5.75 Å². The van der Waals surface area contributed by atoms with E-state index in [-0.39, 0.29) is 5.44 Å². The molecule has 0 amide bonds. The zero-order valence-electron chi connectivity index (χ0n) is 15.0. The van der Waals surface area contributed by atoms with Gasteiger partial charge in [0.1, 0.15) is 11.5 Å². The molecule has 136 valence electrons. The van der Waals surface area contributed by atoms with Gasteiger partial charge in [-0.2, -0.15) is 0 Å². The molecule has 0 saturated carbocycles. The first-order valence-electron chi connectivity index (χ1n) is 8.98. The van der Waals surface area contributed by atoms with Gasteiger partial charge in [0.15, 0.2) is 5.44 Å². The molecule has 0 N–H and O–H groups in total. The number of hydrogen-bond acceptors (Lipinski definition) is 3. The highest BCUT2D eigenvalue weighted by Crippen LogP contribution is 2.24. The van der Waals surface area contributed by atoms with Crippen molar-refractivity contribution < 1.29 is 13.4 Å². The summed E-state index contributed by atoms with van der Waals surface area (Å²) in [6.07, 6.45) is 4.41. The topological polar surface area (TPSA) is 39.4 Å². The van der Waals surface area contributed by atoms with Gasteiger partial charge in [-0.1, -0.05) is 55.8 Å². The molecule has 3 aromatic rings. The van der Waals surface area contributed by atoms with Crippen molar-refractivity contribution in [1.29, 1.82) is 0 Å². The quantitative estimate of drug-likeness (QED) is 0.480. The third-order valence-electron chi connectivity index (χ3n) is 4.18. The van der Waals surface area contributed by atoms with E-state index in [0.717, 1.165) is 36.3 Å². The molecule has 0 saturated heterocycles. The predicted molar refractivity (Wildman–Crippen MR) is 106 cm³/mol. The molecule has 3 rings (SSSR count). The van der Waals surface area contributed by atoms with Crippen LogP contribution in [-0.4, -0.2) is 9.64 Å². The van der Waals surface area contributed by atoms with Gasteiger partial charge >= 0.3 is 0 Å². The summed E-state index contributed by atoms with van der Waals surface area (Å²) >= 11 is 0. The number of ether oxygens (including phenoxy) is 1. The Morgan fingerprint density at radius 2 is 1.69 bits per heavy atom. The van der Waals surface area contributed by atoms with Crippen LogP contribution in [0, 0.1) is 0 Å². The minimum Gasteiger partial charge on any atom is -0.477 e. The average Bonchev–Trinajstić information content (AvgIpc) is 3.19. The van der Waals surface area contributed by atoms with Crippen LogP contribution in [0.15, 0.2) is 77.4 Å². The number of rotatable bonds is 9. The first kappa shape index (κ1) is 18.5. The van der Waals surface area contributed by atoms with Crippen LogP contribution in [0.2, 0.25) is 0 Å². The molecule has 0 spiro atoms. The maximum atomic E-state index is 12.7. The molecular weight excluding hydrogens is 344 g/mol. The summed E-state index contributed by atoms with van der Waals surface area (Å²) in [5, 5.41) is 0. The van der Waals surface area contributed by atoms with Gasteiger partial charge in [0.05, 0.1) is 22.8 Å². The molecule has 2 atom stereocenters. The van der Waals surface area contributed by atoms with Crippen molar-refractivity contribution in [2.45, 2.75) is 37.4 Å². The highest BCUT2D eigenvalue weighted by atomic mass is 32.2. The molecule has 3 nitrogen and oxygen atoms in total. The minimum atomic E-state index is -1.15. The zero-order valence-corrected chi connectivity index (χ0v) is 15.8. The molecule has 0 fully saturated rings. The van der Waals surface area contributed by atoms with Gasteiger partial charge in [-0.05, 0) is 48.2 Å². The van der Waals surface area contributed by atoms with Gasteiger partial charge in [-0.3, -0.25) is 4.21 Å². The first-order chi connectivity index (χ1) is 12.8. The third kappa shape index (κ3) is 5.09. The SMILES string of the molecule is CCCCC(Oc1ccc(-c2ccccc2)cc1)S(=O)Cc1ccco1. The highest BCUT2D eigenvalue weighted by molar-refractivity contribution is 7.84. The molecule has 0 radical (unpaired) electrons. The molecule has 4 heteroatoms. The Kier molecular flexibility index (Phi) is 6.67. The maximum Gasteiger partial charge on any atom is 0.173 e. The number of hydrogen-bond donors (Lipinski definition) is 0. The Morgan fingerprint density at radius 3 is 2.35 bits per heavy atom. The number of furan rings is 1. The van der Waals surface area contributed by atoms with Gasteiger partial charge in [-0.25, -0.2) is 0 Å². The van der Waals surface area contributed by atoms with Crippen LogP contribution < -0.4 is 4.74 Å². The molecule has 2 aromatic carbocycles. The summed E-state index contributed by atoms with van der Waals surface area (Å²) in [6, 6.07) is 21.9. The number of unbranched alkanes of at least 4 members (excludes halogenated alkanes) is 1. The summed E-state index contributed by atoms with van der Waals surface area (Å²) < 4.78 is 24.1. The lowest BCUT2D eigenvalue weighted by molar-refractivity contribution is 0.266. The van der Waals surface area contributed by atoms with Crippen molar-refractivity contribution >= 4 is 10.8 Å². The van der Waals surface area contributed by atoms with E-state index >= 15 is 0 Å². The van der Waals surface area contributed by atoms with Crippen LogP contribution in [-0.2, 0) is 16.6 Å². The molecule has 0 aliphatic carbocycles. The van der Waals surface area contributed by atoms with E-state index in [9.17, 15) is 4.21 Å². The molecular formula is C22H24O3S. The van der Waals surface area contributed by atoms with Crippen LogP contribution >= 0.6 is 0 Å². The lowest BCUT2D eigenvalue weighted by Gasteiger charge is -2.18. The number of benzene rings is 2. The van der Waals surface area contributed by atoms with Crippen LogP contribution in [0.3, 0.4) is 0 Å². The van der Waals surface area contributed by atoms with E-state index in [2.05, 4.69) is 19.1 Å². The van der Waals surface area contributed by atoms with Crippen molar-refractivity contribution in [2.75, 3.05) is 0 Å². The lowest BCUT2D eigenvalue weighted by atomic mass is 10.1. The second-order valence-corrected chi connectivity index (χ2v) is 7.76. The Morgan fingerprint density at radius 1 is 0.962 bits per heavy atom. The largest absolute Gasteiger partial charge is 0.477 e. The summed E-state index contributed by atoms with van der Waals surface area (Å²) in [7, 11) is -1.15. The van der Waals surface area contributed by atoms with Crippen LogP contribution in [0.1, 0.15) is 31.9 Å². The summed E-state index contributed by atoms with van der Waals surface area (Å²) in [4.78, 5) is 0. The average molecular weight is 368 g/mol. The third-order valence-corrected chi connectivity index (χ3v) is 5.67. The van der Waals surface area contributed by atoms with E-state index in [4.69, 9.17) is 9.15 Å². The Bertz CT molecular complexity index is 795. The second kappa shape index (κ2) is 9.39. The normalized spacial score (nSPS) is 13.3. The van der Waals surface area contributed by atoms with E-state index in [1.54, 1.807) is 6.26 Å². The molecule has 0 aliphatic heterocycles. The fourth-order valence-electron chi connectivity index (χ4n) is 2.75. The first-order valence-corrected chi connectivity index (χ1v) is 10.4. The molecule has 1 heterocycles. The van der Waals surface area contributed by atoms with Gasteiger partial charge in [-0.15, -0.1) is 0 Å². The van der Waals surface area contributed by atoms with Gasteiger partial charge in [0, 0.05) is 0 Å².